The fourth-order valence-corrected chi connectivity index (χ4v) is 2.86. The molecule has 1 atom stereocenters. The predicted octanol–water partition coefficient (Wildman–Crippen LogP) is 0.0188. The van der Waals surface area contributed by atoms with E-state index in [1.54, 1.807) is 0 Å². The molecular formula is C15H28N4O3. The molecule has 126 valence electrons. The molecule has 0 saturated carbocycles. The van der Waals surface area contributed by atoms with Gasteiger partial charge in [-0.15, -0.1) is 0 Å². The zero-order valence-electron chi connectivity index (χ0n) is 13.5. The first-order valence-electron chi connectivity index (χ1n) is 8.28. The molecule has 2 aliphatic rings. The maximum atomic E-state index is 11.8. The number of rotatable bonds is 6. The summed E-state index contributed by atoms with van der Waals surface area (Å²) in [6, 6.07) is 0.0928. The standard InChI is InChI=1S/C15H28N4O3/c1-13(18-8-10-22-11-9-18)12-17-15(21)16-5-4-14(20)19-6-2-3-7-19/h13H,2-12H2,1H3,(H2,16,17,21). The van der Waals surface area contributed by atoms with Crippen molar-refractivity contribution < 1.29 is 14.3 Å². The summed E-state index contributed by atoms with van der Waals surface area (Å²) in [7, 11) is 0. The molecule has 1 unspecified atom stereocenters. The van der Waals surface area contributed by atoms with E-state index in [0.29, 0.717) is 25.6 Å². The van der Waals surface area contributed by atoms with E-state index in [1.165, 1.54) is 0 Å². The van der Waals surface area contributed by atoms with Gasteiger partial charge in [-0.3, -0.25) is 9.69 Å². The summed E-state index contributed by atoms with van der Waals surface area (Å²) in [6.07, 6.45) is 2.57. The van der Waals surface area contributed by atoms with Gasteiger partial charge in [0.25, 0.3) is 0 Å². The monoisotopic (exact) mass is 312 g/mol. The topological polar surface area (TPSA) is 73.9 Å². The Morgan fingerprint density at radius 1 is 1.09 bits per heavy atom. The van der Waals surface area contributed by atoms with Crippen molar-refractivity contribution in [1.29, 1.82) is 0 Å². The molecule has 0 aromatic rings. The molecule has 2 rings (SSSR count). The zero-order chi connectivity index (χ0) is 15.8. The minimum Gasteiger partial charge on any atom is -0.379 e. The molecule has 3 amide bonds. The number of carbonyl (C=O) groups is 2. The second kappa shape index (κ2) is 8.95. The zero-order valence-corrected chi connectivity index (χ0v) is 13.5. The molecule has 0 aromatic heterocycles. The van der Waals surface area contributed by atoms with Gasteiger partial charge in [-0.1, -0.05) is 0 Å². The van der Waals surface area contributed by atoms with Crippen molar-refractivity contribution in [1.82, 2.24) is 20.4 Å². The highest BCUT2D eigenvalue weighted by Gasteiger charge is 2.18. The fourth-order valence-electron chi connectivity index (χ4n) is 2.86. The highest BCUT2D eigenvalue weighted by Crippen LogP contribution is 2.08. The Balaban J connectivity index is 1.54. The van der Waals surface area contributed by atoms with Gasteiger partial charge >= 0.3 is 6.03 Å². The van der Waals surface area contributed by atoms with E-state index in [2.05, 4.69) is 22.5 Å². The number of nitrogens with zero attached hydrogens (tertiary/aromatic N) is 2. The minimum atomic E-state index is -0.200. The number of nitrogens with one attached hydrogen (secondary N) is 2. The van der Waals surface area contributed by atoms with Crippen LogP contribution in [-0.2, 0) is 9.53 Å². The van der Waals surface area contributed by atoms with E-state index in [9.17, 15) is 9.59 Å². The number of hydrogen-bond acceptors (Lipinski definition) is 4. The average Bonchev–Trinajstić information content (AvgIpc) is 3.08. The predicted molar refractivity (Wildman–Crippen MR) is 83.7 cm³/mol. The molecule has 0 aliphatic carbocycles. The van der Waals surface area contributed by atoms with Crippen molar-refractivity contribution in [2.45, 2.75) is 32.2 Å². The number of urea groups is 1. The van der Waals surface area contributed by atoms with Gasteiger partial charge in [0.1, 0.15) is 0 Å². The summed E-state index contributed by atoms with van der Waals surface area (Å²) in [5.41, 5.74) is 0. The van der Waals surface area contributed by atoms with Crippen LogP contribution in [0.1, 0.15) is 26.2 Å². The molecule has 2 N–H and O–H groups in total. The Kier molecular flexibility index (Phi) is 6.92. The SMILES string of the molecule is CC(CNC(=O)NCCC(=O)N1CCCC1)N1CCOCC1. The van der Waals surface area contributed by atoms with Crippen LogP contribution in [0.3, 0.4) is 0 Å². The van der Waals surface area contributed by atoms with Crippen molar-refractivity contribution in [3.63, 3.8) is 0 Å². The first-order valence-corrected chi connectivity index (χ1v) is 8.28. The lowest BCUT2D eigenvalue weighted by Crippen LogP contribution is -2.49. The first kappa shape index (κ1) is 17.0. The smallest absolute Gasteiger partial charge is 0.314 e. The van der Waals surface area contributed by atoms with Crippen LogP contribution in [0.25, 0.3) is 0 Å². The van der Waals surface area contributed by atoms with Crippen LogP contribution in [-0.4, -0.2) is 80.3 Å². The fraction of sp³-hybridized carbons (Fsp3) is 0.867. The molecule has 2 fully saturated rings. The molecule has 0 spiro atoms. The largest absolute Gasteiger partial charge is 0.379 e. The minimum absolute atomic E-state index is 0.138. The van der Waals surface area contributed by atoms with Gasteiger partial charge < -0.3 is 20.3 Å². The quantitative estimate of drug-likeness (QED) is 0.725. The lowest BCUT2D eigenvalue weighted by atomic mass is 10.2. The summed E-state index contributed by atoms with van der Waals surface area (Å²) >= 11 is 0. The molecule has 7 heteroatoms. The summed E-state index contributed by atoms with van der Waals surface area (Å²) in [6.45, 7) is 8.17. The molecular weight excluding hydrogens is 284 g/mol. The van der Waals surface area contributed by atoms with E-state index < -0.39 is 0 Å². The van der Waals surface area contributed by atoms with E-state index >= 15 is 0 Å². The Bertz CT molecular complexity index is 366. The lowest BCUT2D eigenvalue weighted by Gasteiger charge is -2.32. The molecule has 0 radical (unpaired) electrons. The van der Waals surface area contributed by atoms with E-state index in [-0.39, 0.29) is 11.9 Å². The van der Waals surface area contributed by atoms with Crippen molar-refractivity contribution in [3.8, 4) is 0 Å². The highest BCUT2D eigenvalue weighted by molar-refractivity contribution is 5.78. The summed E-state index contributed by atoms with van der Waals surface area (Å²) in [5, 5.41) is 5.62. The van der Waals surface area contributed by atoms with Crippen LogP contribution in [0.5, 0.6) is 0 Å². The van der Waals surface area contributed by atoms with Gasteiger partial charge in [-0.2, -0.15) is 0 Å². The molecule has 0 aromatic carbocycles. The molecule has 22 heavy (non-hydrogen) atoms. The van der Waals surface area contributed by atoms with Crippen LogP contribution in [0, 0.1) is 0 Å². The maximum Gasteiger partial charge on any atom is 0.314 e. The number of ether oxygens (including phenoxy) is 1. The highest BCUT2D eigenvalue weighted by atomic mass is 16.5. The Hall–Kier alpha value is -1.34. The van der Waals surface area contributed by atoms with Crippen LogP contribution in [0.15, 0.2) is 0 Å². The lowest BCUT2D eigenvalue weighted by molar-refractivity contribution is -0.129. The van der Waals surface area contributed by atoms with Gasteiger partial charge in [0.05, 0.1) is 13.2 Å². The van der Waals surface area contributed by atoms with Crippen LogP contribution in [0.4, 0.5) is 4.79 Å². The van der Waals surface area contributed by atoms with E-state index in [1.807, 2.05) is 4.90 Å². The van der Waals surface area contributed by atoms with Gasteiger partial charge in [-0.25, -0.2) is 4.79 Å². The second-order valence-corrected chi connectivity index (χ2v) is 5.97. The molecule has 0 bridgehead atoms. The maximum absolute atomic E-state index is 11.8. The number of morpholine rings is 1. The summed E-state index contributed by atoms with van der Waals surface area (Å²) in [5.74, 6) is 0.138. The Morgan fingerprint density at radius 3 is 2.45 bits per heavy atom. The number of hydrogen-bond donors (Lipinski definition) is 2. The van der Waals surface area contributed by atoms with Gasteiger partial charge in [0, 0.05) is 51.7 Å². The van der Waals surface area contributed by atoms with Crippen molar-refractivity contribution in [2.24, 2.45) is 0 Å². The molecule has 2 saturated heterocycles. The van der Waals surface area contributed by atoms with E-state index in [0.717, 1.165) is 52.2 Å². The summed E-state index contributed by atoms with van der Waals surface area (Å²) in [4.78, 5) is 27.8. The average molecular weight is 312 g/mol. The van der Waals surface area contributed by atoms with Crippen molar-refractivity contribution in [3.05, 3.63) is 0 Å². The van der Waals surface area contributed by atoms with Gasteiger partial charge in [0.15, 0.2) is 0 Å². The van der Waals surface area contributed by atoms with Gasteiger partial charge in [-0.05, 0) is 19.8 Å². The Morgan fingerprint density at radius 2 is 1.77 bits per heavy atom. The normalized spacial score (nSPS) is 20.7. The molecule has 7 nitrogen and oxygen atoms in total. The van der Waals surface area contributed by atoms with E-state index in [4.69, 9.17) is 4.74 Å². The number of carbonyl (C=O) groups excluding carboxylic acids is 2. The molecule has 2 heterocycles. The third kappa shape index (κ3) is 5.46. The van der Waals surface area contributed by atoms with Crippen LogP contribution < -0.4 is 10.6 Å². The summed E-state index contributed by atoms with van der Waals surface area (Å²) < 4.78 is 5.32. The van der Waals surface area contributed by atoms with Crippen molar-refractivity contribution >= 4 is 11.9 Å². The van der Waals surface area contributed by atoms with Gasteiger partial charge in [0.2, 0.25) is 5.91 Å². The number of amides is 3. The first-order chi connectivity index (χ1) is 10.7. The van der Waals surface area contributed by atoms with Crippen LogP contribution in [0.2, 0.25) is 0 Å². The third-order valence-corrected chi connectivity index (χ3v) is 4.31. The Labute approximate surface area is 132 Å². The molecule has 2 aliphatic heterocycles. The second-order valence-electron chi connectivity index (χ2n) is 5.97. The third-order valence-electron chi connectivity index (χ3n) is 4.31. The van der Waals surface area contributed by atoms with Crippen LogP contribution >= 0.6 is 0 Å². The number of likely N-dealkylation sites (tertiary alicyclic amines) is 1. The van der Waals surface area contributed by atoms with Crippen molar-refractivity contribution in [2.75, 3.05) is 52.5 Å².